The van der Waals surface area contributed by atoms with Gasteiger partial charge < -0.3 is 14.8 Å². The Morgan fingerprint density at radius 2 is 1.96 bits per heavy atom. The number of nitrogens with zero attached hydrogens (tertiary/aromatic N) is 4. The van der Waals surface area contributed by atoms with Gasteiger partial charge in [-0.05, 0) is 32.4 Å². The zero-order valence-electron chi connectivity index (χ0n) is 15.0. The lowest BCUT2D eigenvalue weighted by Crippen LogP contribution is -2.45. The summed E-state index contributed by atoms with van der Waals surface area (Å²) in [6.45, 7) is 4.65. The van der Waals surface area contributed by atoms with Crippen molar-refractivity contribution >= 4 is 34.8 Å². The van der Waals surface area contributed by atoms with E-state index in [9.17, 15) is 9.59 Å². The monoisotopic (exact) mass is 387 g/mol. The molecule has 0 aliphatic carbocycles. The van der Waals surface area contributed by atoms with Crippen LogP contribution in [0.5, 0.6) is 0 Å². The molecule has 1 N–H and O–H groups in total. The van der Waals surface area contributed by atoms with Gasteiger partial charge in [-0.2, -0.15) is 19.3 Å². The van der Waals surface area contributed by atoms with Gasteiger partial charge in [-0.25, -0.2) is 9.59 Å². The van der Waals surface area contributed by atoms with Crippen LogP contribution in [0, 0.1) is 22.7 Å². The molecule has 27 heavy (non-hydrogen) atoms. The summed E-state index contributed by atoms with van der Waals surface area (Å²) in [4.78, 5) is 24.4. The molecule has 0 unspecified atom stereocenters. The van der Waals surface area contributed by atoms with Crippen molar-refractivity contribution in [1.82, 2.24) is 14.1 Å². The second kappa shape index (κ2) is 8.43. The zero-order chi connectivity index (χ0) is 20.0. The predicted octanol–water partition coefficient (Wildman–Crippen LogP) is 2.07. The Hall–Kier alpha value is -3.24. The molecule has 10 heteroatoms. The minimum absolute atomic E-state index is 0.0388. The van der Waals surface area contributed by atoms with Crippen LogP contribution in [0.3, 0.4) is 0 Å². The molecule has 1 aromatic heterocycles. The van der Waals surface area contributed by atoms with Gasteiger partial charge in [-0.3, -0.25) is 0 Å². The van der Waals surface area contributed by atoms with Crippen molar-refractivity contribution in [2.45, 2.75) is 38.8 Å². The number of nitriles is 2. The lowest BCUT2D eigenvalue weighted by Gasteiger charge is -2.22. The predicted molar refractivity (Wildman–Crippen MR) is 95.6 cm³/mol. The number of hydrogen-bond acceptors (Lipinski definition) is 9. The first-order valence-electron chi connectivity index (χ1n) is 7.92. The van der Waals surface area contributed by atoms with Crippen molar-refractivity contribution in [1.29, 1.82) is 10.5 Å². The molecule has 0 saturated heterocycles. The number of fused-ring (bicyclic) bond motifs is 1. The lowest BCUT2D eigenvalue weighted by molar-refractivity contribution is -0.144. The number of benzene rings is 1. The first-order valence-corrected chi connectivity index (χ1v) is 8.65. The molecule has 0 saturated carbocycles. The molecule has 0 spiro atoms. The Labute approximate surface area is 159 Å². The van der Waals surface area contributed by atoms with E-state index in [2.05, 4.69) is 14.1 Å². The van der Waals surface area contributed by atoms with Crippen molar-refractivity contribution in [2.24, 2.45) is 0 Å². The number of hydrogen-bond donors (Lipinski definition) is 1. The van der Waals surface area contributed by atoms with E-state index in [1.54, 1.807) is 39.0 Å². The minimum atomic E-state index is -1.09. The Kier molecular flexibility index (Phi) is 6.27. The van der Waals surface area contributed by atoms with E-state index in [4.69, 9.17) is 20.0 Å². The lowest BCUT2D eigenvalue weighted by atomic mass is 10.0. The molecular weight excluding hydrogens is 370 g/mol. The number of carbonyl (C=O) groups excluding carboxylic acids is 2. The highest BCUT2D eigenvalue weighted by Gasteiger charge is 2.27. The van der Waals surface area contributed by atoms with Crippen LogP contribution in [-0.2, 0) is 20.7 Å². The molecule has 2 rings (SSSR count). The highest BCUT2D eigenvalue weighted by molar-refractivity contribution is 7.00. The van der Waals surface area contributed by atoms with Crippen LogP contribution in [0.2, 0.25) is 0 Å². The molecule has 0 bridgehead atoms. The van der Waals surface area contributed by atoms with Crippen molar-refractivity contribution in [3.8, 4) is 12.1 Å². The van der Waals surface area contributed by atoms with Gasteiger partial charge in [0.25, 0.3) is 0 Å². The van der Waals surface area contributed by atoms with Crippen molar-refractivity contribution in [3.05, 3.63) is 23.3 Å². The number of esters is 1. The smallest absolute Gasteiger partial charge is 0.408 e. The maximum absolute atomic E-state index is 12.3. The SMILES string of the molecule is CC(C)(C)OC(=O)N[C@@H](Cc1ccc(C#N)c2nsnc12)C(=O)OCC#N. The zero-order valence-corrected chi connectivity index (χ0v) is 15.8. The van der Waals surface area contributed by atoms with Crippen LogP contribution in [0.1, 0.15) is 31.9 Å². The molecule has 0 radical (unpaired) electrons. The summed E-state index contributed by atoms with van der Waals surface area (Å²) in [7, 11) is 0. The van der Waals surface area contributed by atoms with E-state index in [-0.39, 0.29) is 6.42 Å². The van der Waals surface area contributed by atoms with E-state index < -0.39 is 30.3 Å². The molecule has 1 atom stereocenters. The Morgan fingerprint density at radius 1 is 1.26 bits per heavy atom. The van der Waals surface area contributed by atoms with Crippen LogP contribution >= 0.6 is 11.7 Å². The third-order valence-corrected chi connectivity index (χ3v) is 3.83. The molecule has 0 aliphatic rings. The molecule has 2 aromatic rings. The third kappa shape index (κ3) is 5.36. The summed E-state index contributed by atoms with van der Waals surface area (Å²) in [5.74, 6) is -0.775. The number of aromatic nitrogens is 2. The van der Waals surface area contributed by atoms with Crippen molar-refractivity contribution < 1.29 is 19.1 Å². The summed E-state index contributed by atoms with van der Waals surface area (Å²) in [5, 5.41) is 20.2. The summed E-state index contributed by atoms with van der Waals surface area (Å²) >= 11 is 0.945. The van der Waals surface area contributed by atoms with E-state index in [1.807, 2.05) is 6.07 Å². The average Bonchev–Trinajstić information content (AvgIpc) is 3.07. The van der Waals surface area contributed by atoms with Crippen LogP contribution < -0.4 is 5.32 Å². The first kappa shape index (κ1) is 20.1. The highest BCUT2D eigenvalue weighted by Crippen LogP contribution is 2.22. The van der Waals surface area contributed by atoms with E-state index >= 15 is 0 Å². The Bertz CT molecular complexity index is 935. The van der Waals surface area contributed by atoms with Crippen LogP contribution in [0.25, 0.3) is 11.0 Å². The molecule has 1 aromatic carbocycles. The fourth-order valence-electron chi connectivity index (χ4n) is 2.24. The summed E-state index contributed by atoms with van der Waals surface area (Å²) in [5.41, 5.74) is 1.13. The molecular formula is C17H17N5O4S. The van der Waals surface area contributed by atoms with Gasteiger partial charge in [-0.15, -0.1) is 0 Å². The Morgan fingerprint density at radius 3 is 2.59 bits per heavy atom. The van der Waals surface area contributed by atoms with Gasteiger partial charge in [0.05, 0.1) is 17.3 Å². The second-order valence-electron chi connectivity index (χ2n) is 6.51. The van der Waals surface area contributed by atoms with Gasteiger partial charge in [0.2, 0.25) is 0 Å². The normalized spacial score (nSPS) is 11.9. The van der Waals surface area contributed by atoms with Crippen molar-refractivity contribution in [3.63, 3.8) is 0 Å². The quantitative estimate of drug-likeness (QED) is 0.769. The van der Waals surface area contributed by atoms with Crippen LogP contribution in [0.15, 0.2) is 12.1 Å². The molecule has 0 fully saturated rings. The average molecular weight is 387 g/mol. The van der Waals surface area contributed by atoms with E-state index in [0.29, 0.717) is 22.2 Å². The summed E-state index contributed by atoms with van der Waals surface area (Å²) in [6, 6.07) is 5.86. The fraction of sp³-hybridized carbons (Fsp3) is 0.412. The van der Waals surface area contributed by atoms with Gasteiger partial charge in [0.1, 0.15) is 34.8 Å². The van der Waals surface area contributed by atoms with Gasteiger partial charge in [-0.1, -0.05) is 6.07 Å². The van der Waals surface area contributed by atoms with Gasteiger partial charge in [0.15, 0.2) is 6.61 Å². The molecule has 1 heterocycles. The fourth-order valence-corrected chi connectivity index (χ4v) is 2.83. The minimum Gasteiger partial charge on any atom is -0.449 e. The van der Waals surface area contributed by atoms with E-state index in [1.165, 1.54) is 0 Å². The number of ether oxygens (including phenoxy) is 2. The summed E-state index contributed by atoms with van der Waals surface area (Å²) < 4.78 is 18.3. The maximum Gasteiger partial charge on any atom is 0.408 e. The Balaban J connectivity index is 2.28. The largest absolute Gasteiger partial charge is 0.449 e. The number of carbonyl (C=O) groups is 2. The maximum atomic E-state index is 12.3. The second-order valence-corrected chi connectivity index (χ2v) is 7.04. The van der Waals surface area contributed by atoms with Crippen LogP contribution in [-0.4, -0.2) is 39.1 Å². The summed E-state index contributed by atoms with van der Waals surface area (Å²) in [6.07, 6.45) is -0.750. The number of amides is 1. The first-order chi connectivity index (χ1) is 12.7. The standard InChI is InChI=1S/C17H17N5O4S/c1-17(2,3)26-16(24)20-12(15(23)25-7-6-18)8-10-4-5-11(9-19)14-13(10)21-27-22-14/h4-5,12H,7-8H2,1-3H3,(H,20,24)/t12-/m0/s1. The van der Waals surface area contributed by atoms with Crippen molar-refractivity contribution in [2.75, 3.05) is 6.61 Å². The van der Waals surface area contributed by atoms with E-state index in [0.717, 1.165) is 11.7 Å². The number of nitrogens with one attached hydrogen (secondary N) is 1. The van der Waals surface area contributed by atoms with Gasteiger partial charge >= 0.3 is 12.1 Å². The molecule has 0 aliphatic heterocycles. The molecule has 140 valence electrons. The molecule has 1 amide bonds. The highest BCUT2D eigenvalue weighted by atomic mass is 32.1. The third-order valence-electron chi connectivity index (χ3n) is 3.30. The topological polar surface area (TPSA) is 138 Å². The number of alkyl carbamates (subject to hydrolysis) is 1. The molecule has 9 nitrogen and oxygen atoms in total. The number of rotatable bonds is 5. The van der Waals surface area contributed by atoms with Crippen LogP contribution in [0.4, 0.5) is 4.79 Å². The van der Waals surface area contributed by atoms with Gasteiger partial charge in [0, 0.05) is 6.42 Å².